The van der Waals surface area contributed by atoms with E-state index < -0.39 is 26.5 Å². The van der Waals surface area contributed by atoms with E-state index in [1.54, 1.807) is 13.0 Å². The third-order valence-corrected chi connectivity index (χ3v) is 5.70. The number of nitrogen functional groups attached to an aromatic ring is 1. The molecular formula is C20H21F4N4OP. The van der Waals surface area contributed by atoms with E-state index in [1.165, 1.54) is 6.07 Å². The molecule has 0 radical (unpaired) electrons. The summed E-state index contributed by atoms with van der Waals surface area (Å²) >= 11 is 0. The van der Waals surface area contributed by atoms with Crippen molar-refractivity contribution >= 4 is 35.6 Å². The Kier molecular flexibility index (Phi) is 6.31. The Labute approximate surface area is 172 Å². The summed E-state index contributed by atoms with van der Waals surface area (Å²) in [6.07, 6.45) is -4.48. The number of fused-ring (bicyclic) bond motifs is 1. The topological polar surface area (TPSA) is 73.1 Å². The van der Waals surface area contributed by atoms with Gasteiger partial charge in [0.25, 0.3) is 0 Å². The van der Waals surface area contributed by atoms with Crippen molar-refractivity contribution in [2.45, 2.75) is 19.6 Å². The van der Waals surface area contributed by atoms with Crippen molar-refractivity contribution < 1.29 is 22.3 Å². The van der Waals surface area contributed by atoms with Crippen molar-refractivity contribution in [1.82, 2.24) is 9.97 Å². The molecule has 5 nitrogen and oxygen atoms in total. The fourth-order valence-electron chi connectivity index (χ4n) is 3.09. The highest BCUT2D eigenvalue weighted by Gasteiger charge is 2.31. The second-order valence-corrected chi connectivity index (χ2v) is 9.19. The summed E-state index contributed by atoms with van der Waals surface area (Å²) in [7, 11) is -0.613. The zero-order valence-electron chi connectivity index (χ0n) is 16.6. The molecule has 0 fully saturated rings. The number of aryl methyl sites for hydroxylation is 1. The zero-order chi connectivity index (χ0) is 22.1. The van der Waals surface area contributed by atoms with Crippen LogP contribution in [0.4, 0.5) is 29.1 Å². The summed E-state index contributed by atoms with van der Waals surface area (Å²) in [5, 5.41) is 4.61. The van der Waals surface area contributed by atoms with Crippen molar-refractivity contribution in [2.24, 2.45) is 0 Å². The highest BCUT2D eigenvalue weighted by atomic mass is 31.1. The first-order chi connectivity index (χ1) is 14.1. The van der Waals surface area contributed by atoms with Crippen molar-refractivity contribution in [3.8, 4) is 5.75 Å². The number of hydrogen-bond donors (Lipinski definition) is 2. The number of aromatic nitrogens is 2. The predicted octanol–water partition coefficient (Wildman–Crippen LogP) is 4.82. The summed E-state index contributed by atoms with van der Waals surface area (Å²) in [6, 6.07) is 6.93. The van der Waals surface area contributed by atoms with Crippen LogP contribution in [0.15, 0.2) is 30.3 Å². The minimum Gasteiger partial charge on any atom is -0.462 e. The molecular weight excluding hydrogens is 419 g/mol. The minimum absolute atomic E-state index is 0.0308. The maximum absolute atomic E-state index is 13.1. The largest absolute Gasteiger partial charge is 0.462 e. The van der Waals surface area contributed by atoms with Gasteiger partial charge in [0.2, 0.25) is 6.86 Å². The molecule has 0 aliphatic carbocycles. The molecule has 3 rings (SSSR count). The Balaban J connectivity index is 2.00. The van der Waals surface area contributed by atoms with Crippen molar-refractivity contribution in [3.05, 3.63) is 47.3 Å². The molecule has 10 heteroatoms. The van der Waals surface area contributed by atoms with Crippen LogP contribution in [0.2, 0.25) is 0 Å². The molecule has 30 heavy (non-hydrogen) atoms. The van der Waals surface area contributed by atoms with E-state index in [4.69, 9.17) is 10.5 Å². The van der Waals surface area contributed by atoms with Gasteiger partial charge in [-0.3, -0.25) is 0 Å². The molecule has 0 spiro atoms. The minimum atomic E-state index is -4.48. The number of alkyl halides is 4. The van der Waals surface area contributed by atoms with E-state index in [0.29, 0.717) is 33.9 Å². The van der Waals surface area contributed by atoms with Gasteiger partial charge in [0.05, 0.1) is 11.1 Å². The number of nitrogens with zero attached hydrogens (tertiary/aromatic N) is 2. The first-order valence-corrected chi connectivity index (χ1v) is 11.2. The van der Waals surface area contributed by atoms with E-state index in [9.17, 15) is 17.6 Å². The fraction of sp³-hybridized carbons (Fsp3) is 0.300. The van der Waals surface area contributed by atoms with Crippen LogP contribution in [-0.4, -0.2) is 30.2 Å². The molecule has 0 atom stereocenters. The Morgan fingerprint density at radius 1 is 1.10 bits per heavy atom. The predicted molar refractivity (Wildman–Crippen MR) is 112 cm³/mol. The normalized spacial score (nSPS) is 11.9. The summed E-state index contributed by atoms with van der Waals surface area (Å²) in [5.74, 6) is 1.36. The van der Waals surface area contributed by atoms with Crippen LogP contribution in [0.1, 0.15) is 17.0 Å². The number of nitrogens with one attached hydrogen (secondary N) is 1. The lowest BCUT2D eigenvalue weighted by molar-refractivity contribution is -0.137. The van der Waals surface area contributed by atoms with Crippen LogP contribution < -0.4 is 21.1 Å². The first-order valence-electron chi connectivity index (χ1n) is 8.97. The molecule has 3 N–H and O–H groups in total. The van der Waals surface area contributed by atoms with Gasteiger partial charge in [-0.25, -0.2) is 14.4 Å². The molecule has 2 aromatic carbocycles. The standard InChI is InChI=1S/C20H21F4N4OP/c1-11-27-16-8-17(29-10-21)18(30(2)3)7-15(16)19(28-11)26-9-12-4-13(20(22,23)24)6-14(25)5-12/h4-8H,9-10,25H2,1-3H3,(H,26,27,28). The van der Waals surface area contributed by atoms with Crippen LogP contribution in [0.25, 0.3) is 10.9 Å². The highest BCUT2D eigenvalue weighted by molar-refractivity contribution is 7.64. The monoisotopic (exact) mass is 440 g/mol. The number of nitrogens with two attached hydrogens (primary N) is 1. The third kappa shape index (κ3) is 4.90. The molecule has 1 aromatic heterocycles. The number of ether oxygens (including phenoxy) is 1. The third-order valence-electron chi connectivity index (χ3n) is 4.38. The smallest absolute Gasteiger partial charge is 0.416 e. The number of halogens is 4. The highest BCUT2D eigenvalue weighted by Crippen LogP contribution is 2.34. The van der Waals surface area contributed by atoms with E-state index in [-0.39, 0.29) is 12.2 Å². The zero-order valence-corrected chi connectivity index (χ0v) is 17.5. The van der Waals surface area contributed by atoms with Gasteiger partial charge in [0, 0.05) is 29.0 Å². The maximum Gasteiger partial charge on any atom is 0.416 e. The van der Waals surface area contributed by atoms with Crippen molar-refractivity contribution in [1.29, 1.82) is 0 Å². The Morgan fingerprint density at radius 3 is 2.47 bits per heavy atom. The molecule has 0 unspecified atom stereocenters. The van der Waals surface area contributed by atoms with Crippen molar-refractivity contribution in [2.75, 3.05) is 31.2 Å². The number of hydrogen-bond acceptors (Lipinski definition) is 5. The second kappa shape index (κ2) is 8.60. The average Bonchev–Trinajstić information content (AvgIpc) is 2.64. The maximum atomic E-state index is 13.1. The first kappa shape index (κ1) is 22.0. The quantitative estimate of drug-likeness (QED) is 0.327. The van der Waals surface area contributed by atoms with Gasteiger partial charge in [-0.05, 0) is 50.1 Å². The van der Waals surface area contributed by atoms with E-state index in [2.05, 4.69) is 15.3 Å². The van der Waals surface area contributed by atoms with Gasteiger partial charge in [0.1, 0.15) is 17.4 Å². The van der Waals surface area contributed by atoms with Gasteiger partial charge in [-0.2, -0.15) is 13.2 Å². The van der Waals surface area contributed by atoms with Crippen LogP contribution in [-0.2, 0) is 12.7 Å². The van der Waals surface area contributed by atoms with Crippen LogP contribution in [0.5, 0.6) is 5.75 Å². The SMILES string of the molecule is Cc1nc(NCc2cc(N)cc(C(F)(F)F)c2)c2cc(P(C)C)c(OCF)cc2n1. The van der Waals surface area contributed by atoms with Gasteiger partial charge in [0.15, 0.2) is 0 Å². The summed E-state index contributed by atoms with van der Waals surface area (Å²) < 4.78 is 57.1. The van der Waals surface area contributed by atoms with Gasteiger partial charge in [-0.1, -0.05) is 7.92 Å². The van der Waals surface area contributed by atoms with Crippen molar-refractivity contribution in [3.63, 3.8) is 0 Å². The molecule has 0 aliphatic heterocycles. The summed E-state index contributed by atoms with van der Waals surface area (Å²) in [4.78, 5) is 8.78. The van der Waals surface area contributed by atoms with E-state index in [0.717, 1.165) is 17.4 Å². The molecule has 0 aliphatic rings. The lowest BCUT2D eigenvalue weighted by Gasteiger charge is -2.16. The molecule has 0 bridgehead atoms. The number of anilines is 2. The van der Waals surface area contributed by atoms with Gasteiger partial charge in [-0.15, -0.1) is 0 Å². The molecule has 1 heterocycles. The second-order valence-electron chi connectivity index (χ2n) is 6.92. The molecule has 0 saturated heterocycles. The summed E-state index contributed by atoms with van der Waals surface area (Å²) in [6.45, 7) is 4.85. The Morgan fingerprint density at radius 2 is 1.83 bits per heavy atom. The molecule has 3 aromatic rings. The molecule has 0 saturated carbocycles. The summed E-state index contributed by atoms with van der Waals surface area (Å²) in [5.41, 5.74) is 5.79. The van der Waals surface area contributed by atoms with Gasteiger partial charge >= 0.3 is 6.18 Å². The van der Waals surface area contributed by atoms with Crippen LogP contribution in [0.3, 0.4) is 0 Å². The fourth-order valence-corrected chi connectivity index (χ4v) is 4.05. The lowest BCUT2D eigenvalue weighted by Crippen LogP contribution is -2.11. The van der Waals surface area contributed by atoms with E-state index >= 15 is 0 Å². The molecule has 0 amide bonds. The van der Waals surface area contributed by atoms with Crippen LogP contribution in [0, 0.1) is 6.92 Å². The van der Waals surface area contributed by atoms with E-state index in [1.807, 2.05) is 19.4 Å². The lowest BCUT2D eigenvalue weighted by atomic mass is 10.1. The average molecular weight is 440 g/mol. The number of benzene rings is 2. The Hall–Kier alpha value is -2.67. The van der Waals surface area contributed by atoms with Gasteiger partial charge < -0.3 is 15.8 Å². The molecule has 160 valence electrons. The Bertz CT molecular complexity index is 1070. The number of rotatable bonds is 6. The van der Waals surface area contributed by atoms with Crippen LogP contribution >= 0.6 is 7.92 Å².